The van der Waals surface area contributed by atoms with Gasteiger partial charge in [-0.05, 0) is 12.1 Å². The molecule has 0 bridgehead atoms. The molecule has 25 heavy (non-hydrogen) atoms. The van der Waals surface area contributed by atoms with Crippen molar-refractivity contribution in [3.8, 4) is 5.75 Å². The molecular formula is C16H21FN6O2. The zero-order valence-corrected chi connectivity index (χ0v) is 14.3. The number of urea groups is 1. The van der Waals surface area contributed by atoms with Gasteiger partial charge in [-0.15, -0.1) is 0 Å². The molecule has 0 unspecified atom stereocenters. The fourth-order valence-electron chi connectivity index (χ4n) is 2.74. The summed E-state index contributed by atoms with van der Waals surface area (Å²) in [5.41, 5.74) is 0.885. The van der Waals surface area contributed by atoms with Gasteiger partial charge in [0, 0.05) is 45.0 Å². The van der Waals surface area contributed by atoms with Crippen molar-refractivity contribution in [1.82, 2.24) is 25.0 Å². The highest BCUT2D eigenvalue weighted by atomic mass is 19.1. The normalized spacial score (nSPS) is 14.5. The van der Waals surface area contributed by atoms with E-state index in [-0.39, 0.29) is 17.6 Å². The van der Waals surface area contributed by atoms with Gasteiger partial charge in [0.25, 0.3) is 0 Å². The molecule has 8 nitrogen and oxygen atoms in total. The first-order chi connectivity index (χ1) is 12.1. The molecule has 0 spiro atoms. The minimum absolute atomic E-state index is 0.135. The van der Waals surface area contributed by atoms with Crippen LogP contribution >= 0.6 is 0 Å². The van der Waals surface area contributed by atoms with Gasteiger partial charge in [0.1, 0.15) is 6.33 Å². The second-order valence-corrected chi connectivity index (χ2v) is 5.79. The highest BCUT2D eigenvalue weighted by Crippen LogP contribution is 2.25. The number of nitrogens with zero attached hydrogens (tertiary/aromatic N) is 5. The van der Waals surface area contributed by atoms with E-state index in [0.29, 0.717) is 38.5 Å². The number of nitrogens with one attached hydrogen (secondary N) is 1. The predicted octanol–water partition coefficient (Wildman–Crippen LogP) is 0.995. The molecule has 1 fully saturated rings. The molecule has 9 heteroatoms. The summed E-state index contributed by atoms with van der Waals surface area (Å²) in [4.78, 5) is 20.2. The van der Waals surface area contributed by atoms with Gasteiger partial charge in [-0.2, -0.15) is 5.10 Å². The average molecular weight is 348 g/mol. The first kappa shape index (κ1) is 17.0. The maximum atomic E-state index is 13.5. The Bertz CT molecular complexity index is 742. The van der Waals surface area contributed by atoms with E-state index in [9.17, 15) is 9.18 Å². The number of carbonyl (C=O) groups excluding carboxylic acids is 1. The first-order valence-corrected chi connectivity index (χ1v) is 8.02. The van der Waals surface area contributed by atoms with E-state index >= 15 is 0 Å². The molecular weight excluding hydrogens is 327 g/mol. The first-order valence-electron chi connectivity index (χ1n) is 8.02. The molecule has 0 saturated carbocycles. The summed E-state index contributed by atoms with van der Waals surface area (Å²) in [6.45, 7) is 2.81. The number of piperazine rings is 1. The van der Waals surface area contributed by atoms with Crippen LogP contribution < -0.4 is 15.0 Å². The predicted molar refractivity (Wildman–Crippen MR) is 90.0 cm³/mol. The van der Waals surface area contributed by atoms with Crippen molar-refractivity contribution in [1.29, 1.82) is 0 Å². The van der Waals surface area contributed by atoms with Crippen LogP contribution in [0.15, 0.2) is 24.5 Å². The van der Waals surface area contributed by atoms with Crippen molar-refractivity contribution in [3.63, 3.8) is 0 Å². The number of aromatic nitrogens is 3. The van der Waals surface area contributed by atoms with Gasteiger partial charge >= 0.3 is 6.03 Å². The van der Waals surface area contributed by atoms with Gasteiger partial charge in [-0.1, -0.05) is 0 Å². The molecule has 2 amide bonds. The lowest BCUT2D eigenvalue weighted by Gasteiger charge is -2.36. The molecule has 0 radical (unpaired) electrons. The van der Waals surface area contributed by atoms with Crippen LogP contribution in [0.1, 0.15) is 5.82 Å². The van der Waals surface area contributed by atoms with E-state index in [1.807, 2.05) is 0 Å². The van der Waals surface area contributed by atoms with E-state index in [1.165, 1.54) is 13.2 Å². The summed E-state index contributed by atoms with van der Waals surface area (Å²) in [6, 6.07) is 4.66. The van der Waals surface area contributed by atoms with E-state index in [2.05, 4.69) is 20.3 Å². The van der Waals surface area contributed by atoms with Crippen LogP contribution in [0.25, 0.3) is 0 Å². The number of amides is 2. The second-order valence-electron chi connectivity index (χ2n) is 5.79. The Labute approximate surface area is 145 Å². The van der Waals surface area contributed by atoms with Gasteiger partial charge in [0.05, 0.1) is 13.7 Å². The molecule has 0 aliphatic carbocycles. The van der Waals surface area contributed by atoms with Crippen molar-refractivity contribution in [2.75, 3.05) is 38.2 Å². The lowest BCUT2D eigenvalue weighted by atomic mass is 10.2. The molecule has 1 aliphatic heterocycles. The Kier molecular flexibility index (Phi) is 5.01. The van der Waals surface area contributed by atoms with Gasteiger partial charge in [0.2, 0.25) is 0 Å². The fourth-order valence-corrected chi connectivity index (χ4v) is 2.74. The minimum atomic E-state index is -0.382. The highest BCUT2D eigenvalue weighted by Gasteiger charge is 2.22. The number of carbonyl (C=O) groups is 1. The highest BCUT2D eigenvalue weighted by molar-refractivity contribution is 5.74. The molecule has 3 rings (SSSR count). The fraction of sp³-hybridized carbons (Fsp3) is 0.438. The van der Waals surface area contributed by atoms with Gasteiger partial charge in [-0.25, -0.2) is 14.2 Å². The van der Waals surface area contributed by atoms with Crippen LogP contribution in [0.4, 0.5) is 14.9 Å². The number of ether oxygens (including phenoxy) is 1. The van der Waals surface area contributed by atoms with Gasteiger partial charge in [0.15, 0.2) is 17.4 Å². The van der Waals surface area contributed by atoms with Crippen molar-refractivity contribution in [3.05, 3.63) is 36.2 Å². The molecule has 1 N–H and O–H groups in total. The quantitative estimate of drug-likeness (QED) is 0.892. The minimum Gasteiger partial charge on any atom is -0.494 e. The monoisotopic (exact) mass is 348 g/mol. The Morgan fingerprint density at radius 1 is 1.32 bits per heavy atom. The number of halogens is 1. The third kappa shape index (κ3) is 3.98. The topological polar surface area (TPSA) is 75.5 Å². The molecule has 0 atom stereocenters. The van der Waals surface area contributed by atoms with Crippen LogP contribution in [0.3, 0.4) is 0 Å². The van der Waals surface area contributed by atoms with Crippen molar-refractivity contribution in [2.45, 2.75) is 6.54 Å². The van der Waals surface area contributed by atoms with E-state index in [0.717, 1.165) is 5.69 Å². The Morgan fingerprint density at radius 2 is 2.08 bits per heavy atom. The number of methoxy groups -OCH3 is 1. The number of aryl methyl sites for hydroxylation is 1. The standard InChI is InChI=1S/C16H21FN6O2/c1-21-11-19-15(20-21)10-18-16(24)23-7-5-22(6-8-23)12-3-4-13(17)14(9-12)25-2/h3-4,9,11H,5-8,10H2,1-2H3,(H,18,24). The number of benzene rings is 1. The summed E-state index contributed by atoms with van der Waals surface area (Å²) in [7, 11) is 3.23. The summed E-state index contributed by atoms with van der Waals surface area (Å²) in [5, 5.41) is 6.95. The Morgan fingerprint density at radius 3 is 2.72 bits per heavy atom. The van der Waals surface area contributed by atoms with E-state index in [4.69, 9.17) is 4.74 Å². The zero-order valence-electron chi connectivity index (χ0n) is 14.3. The second kappa shape index (κ2) is 7.37. The van der Waals surface area contributed by atoms with Crippen molar-refractivity contribution in [2.24, 2.45) is 7.05 Å². The average Bonchev–Trinajstić information content (AvgIpc) is 3.05. The van der Waals surface area contributed by atoms with Crippen molar-refractivity contribution >= 4 is 11.7 Å². The SMILES string of the molecule is COc1cc(N2CCN(C(=O)NCc3ncn(C)n3)CC2)ccc1F. The Balaban J connectivity index is 1.52. The van der Waals surface area contributed by atoms with Crippen LogP contribution in [0.2, 0.25) is 0 Å². The molecule has 134 valence electrons. The molecule has 2 heterocycles. The van der Waals surface area contributed by atoms with Crippen LogP contribution in [0.5, 0.6) is 5.75 Å². The smallest absolute Gasteiger partial charge is 0.317 e. The summed E-state index contributed by atoms with van der Waals surface area (Å²) >= 11 is 0. The maximum Gasteiger partial charge on any atom is 0.317 e. The number of anilines is 1. The van der Waals surface area contributed by atoms with E-state index < -0.39 is 0 Å². The van der Waals surface area contributed by atoms with Gasteiger partial charge < -0.3 is 19.9 Å². The summed E-state index contributed by atoms with van der Waals surface area (Å²) < 4.78 is 20.1. The third-order valence-electron chi connectivity index (χ3n) is 4.11. The maximum absolute atomic E-state index is 13.5. The van der Waals surface area contributed by atoms with Gasteiger partial charge in [-0.3, -0.25) is 4.68 Å². The lowest BCUT2D eigenvalue weighted by Crippen LogP contribution is -2.51. The van der Waals surface area contributed by atoms with Crippen molar-refractivity contribution < 1.29 is 13.9 Å². The molecule has 1 saturated heterocycles. The van der Waals surface area contributed by atoms with Crippen LogP contribution in [-0.2, 0) is 13.6 Å². The summed E-state index contributed by atoms with van der Waals surface area (Å²) in [5.74, 6) is 0.417. The largest absolute Gasteiger partial charge is 0.494 e. The summed E-state index contributed by atoms with van der Waals surface area (Å²) in [6.07, 6.45) is 1.59. The van der Waals surface area contributed by atoms with Crippen LogP contribution in [-0.4, -0.2) is 59.0 Å². The zero-order chi connectivity index (χ0) is 17.8. The lowest BCUT2D eigenvalue weighted by molar-refractivity contribution is 0.193. The Hall–Kier alpha value is -2.84. The number of rotatable bonds is 4. The number of hydrogen-bond acceptors (Lipinski definition) is 5. The molecule has 1 aromatic carbocycles. The number of hydrogen-bond donors (Lipinski definition) is 1. The van der Waals surface area contributed by atoms with Crippen LogP contribution in [0, 0.1) is 5.82 Å². The molecule has 1 aliphatic rings. The molecule has 2 aromatic rings. The van der Waals surface area contributed by atoms with E-state index in [1.54, 1.807) is 35.1 Å². The molecule has 1 aromatic heterocycles. The third-order valence-corrected chi connectivity index (χ3v) is 4.11.